The standard InChI is InChI=1S/C16H18N4O4S/c1-3-4-7-17-11-5-6-12(13(8-11)24-10(2)21)15(22)19-16-18-9-14(20-23)25-16/h5-6,8-9,17H,3-4,7H2,1-2H3,(H,18,19,22). The normalized spacial score (nSPS) is 10.2. The summed E-state index contributed by atoms with van der Waals surface area (Å²) in [7, 11) is 0. The van der Waals surface area contributed by atoms with Crippen LogP contribution in [0, 0.1) is 4.91 Å². The molecule has 1 heterocycles. The molecule has 1 aromatic carbocycles. The van der Waals surface area contributed by atoms with Crippen LogP contribution in [0.1, 0.15) is 37.0 Å². The molecular formula is C16H18N4O4S. The third kappa shape index (κ3) is 5.35. The van der Waals surface area contributed by atoms with Crippen molar-refractivity contribution in [2.24, 2.45) is 5.18 Å². The highest BCUT2D eigenvalue weighted by Crippen LogP contribution is 2.28. The first kappa shape index (κ1) is 18.5. The summed E-state index contributed by atoms with van der Waals surface area (Å²) in [6.07, 6.45) is 3.32. The van der Waals surface area contributed by atoms with E-state index in [2.05, 4.69) is 27.7 Å². The second-order valence-electron chi connectivity index (χ2n) is 5.13. The van der Waals surface area contributed by atoms with Crippen LogP contribution < -0.4 is 15.4 Å². The summed E-state index contributed by atoms with van der Waals surface area (Å²) >= 11 is 0.950. The molecule has 0 aliphatic heterocycles. The molecule has 0 radical (unpaired) electrons. The summed E-state index contributed by atoms with van der Waals surface area (Å²) in [5, 5.41) is 8.91. The lowest BCUT2D eigenvalue weighted by Gasteiger charge is -2.12. The van der Waals surface area contributed by atoms with Crippen LogP contribution >= 0.6 is 11.3 Å². The second-order valence-corrected chi connectivity index (χ2v) is 6.14. The number of benzene rings is 1. The minimum atomic E-state index is -0.526. The number of carbonyl (C=O) groups is 2. The molecule has 0 fully saturated rings. The minimum absolute atomic E-state index is 0.150. The number of hydrogen-bond acceptors (Lipinski definition) is 8. The van der Waals surface area contributed by atoms with Crippen LogP contribution in [0.15, 0.2) is 29.6 Å². The number of esters is 1. The fourth-order valence-electron chi connectivity index (χ4n) is 2.00. The molecule has 9 heteroatoms. The Morgan fingerprint density at radius 3 is 2.80 bits per heavy atom. The van der Waals surface area contributed by atoms with Crippen LogP contribution in [0.3, 0.4) is 0 Å². The van der Waals surface area contributed by atoms with Crippen LogP contribution in [-0.2, 0) is 4.79 Å². The minimum Gasteiger partial charge on any atom is -0.426 e. The topological polar surface area (TPSA) is 110 Å². The first-order chi connectivity index (χ1) is 12.0. The largest absolute Gasteiger partial charge is 0.426 e. The van der Waals surface area contributed by atoms with Gasteiger partial charge in [0.15, 0.2) is 10.1 Å². The van der Waals surface area contributed by atoms with Crippen molar-refractivity contribution in [2.75, 3.05) is 17.2 Å². The Morgan fingerprint density at radius 1 is 1.36 bits per heavy atom. The average Bonchev–Trinajstić information content (AvgIpc) is 3.02. The average molecular weight is 362 g/mol. The van der Waals surface area contributed by atoms with Gasteiger partial charge in [-0.2, -0.15) is 0 Å². The highest BCUT2D eigenvalue weighted by atomic mass is 32.1. The van der Waals surface area contributed by atoms with Crippen molar-refractivity contribution in [1.82, 2.24) is 4.98 Å². The van der Waals surface area contributed by atoms with Gasteiger partial charge in [0.25, 0.3) is 5.91 Å². The number of rotatable bonds is 8. The number of anilines is 2. The molecular weight excluding hydrogens is 344 g/mol. The van der Waals surface area contributed by atoms with E-state index in [4.69, 9.17) is 4.74 Å². The number of hydrogen-bond donors (Lipinski definition) is 2. The molecule has 0 bridgehead atoms. The van der Waals surface area contributed by atoms with Gasteiger partial charge in [0.1, 0.15) is 5.75 Å². The van der Waals surface area contributed by atoms with E-state index in [0.717, 1.165) is 36.4 Å². The first-order valence-corrected chi connectivity index (χ1v) is 8.52. The number of unbranched alkanes of at least 4 members (excludes halogenated alkanes) is 1. The number of aromatic nitrogens is 1. The van der Waals surface area contributed by atoms with Crippen LogP contribution in [0.2, 0.25) is 0 Å². The number of ether oxygens (including phenoxy) is 1. The van der Waals surface area contributed by atoms with Crippen LogP contribution in [0.25, 0.3) is 0 Å². The molecule has 25 heavy (non-hydrogen) atoms. The quantitative estimate of drug-likeness (QED) is 0.319. The lowest BCUT2D eigenvalue weighted by molar-refractivity contribution is -0.131. The Bertz CT molecular complexity index is 775. The van der Waals surface area contributed by atoms with Gasteiger partial charge >= 0.3 is 5.97 Å². The molecule has 8 nitrogen and oxygen atoms in total. The smallest absolute Gasteiger partial charge is 0.308 e. The predicted molar refractivity (Wildman–Crippen MR) is 96.7 cm³/mol. The fraction of sp³-hybridized carbons (Fsp3) is 0.312. The van der Waals surface area contributed by atoms with E-state index >= 15 is 0 Å². The summed E-state index contributed by atoms with van der Waals surface area (Å²) in [5.74, 6) is -0.874. The summed E-state index contributed by atoms with van der Waals surface area (Å²) in [6, 6.07) is 4.90. The van der Waals surface area contributed by atoms with E-state index in [0.29, 0.717) is 0 Å². The maximum Gasteiger partial charge on any atom is 0.308 e. The van der Waals surface area contributed by atoms with Crippen LogP contribution in [0.4, 0.5) is 15.8 Å². The number of thiazole rings is 1. The number of nitrogens with one attached hydrogen (secondary N) is 2. The maximum absolute atomic E-state index is 12.4. The van der Waals surface area contributed by atoms with Crippen molar-refractivity contribution in [3.63, 3.8) is 0 Å². The number of carbonyl (C=O) groups excluding carboxylic acids is 2. The third-order valence-corrected chi connectivity index (χ3v) is 3.93. The van der Waals surface area contributed by atoms with Gasteiger partial charge in [-0.15, -0.1) is 4.91 Å². The molecule has 1 amide bonds. The molecule has 0 saturated carbocycles. The summed E-state index contributed by atoms with van der Waals surface area (Å²) < 4.78 is 5.15. The Labute approximate surface area is 148 Å². The van der Waals surface area contributed by atoms with Crippen LogP contribution in [0.5, 0.6) is 5.75 Å². The SMILES string of the molecule is CCCCNc1ccc(C(=O)Nc2ncc(N=O)s2)c(OC(C)=O)c1. The van der Waals surface area contributed by atoms with Gasteiger partial charge in [-0.05, 0) is 23.7 Å². The van der Waals surface area contributed by atoms with Crippen molar-refractivity contribution >= 4 is 39.0 Å². The van der Waals surface area contributed by atoms with E-state index in [1.54, 1.807) is 18.2 Å². The number of amides is 1. The van der Waals surface area contributed by atoms with Gasteiger partial charge in [0.05, 0.1) is 11.8 Å². The summed E-state index contributed by atoms with van der Waals surface area (Å²) in [4.78, 5) is 38.1. The van der Waals surface area contributed by atoms with Crippen molar-refractivity contribution < 1.29 is 14.3 Å². The van der Waals surface area contributed by atoms with Crippen LogP contribution in [-0.4, -0.2) is 23.4 Å². The maximum atomic E-state index is 12.4. The fourth-order valence-corrected chi connectivity index (χ4v) is 2.59. The monoisotopic (exact) mass is 362 g/mol. The van der Waals surface area contributed by atoms with Crippen molar-refractivity contribution in [3.05, 3.63) is 34.9 Å². The van der Waals surface area contributed by atoms with Gasteiger partial charge in [-0.3, -0.25) is 14.9 Å². The molecule has 0 aliphatic rings. The van der Waals surface area contributed by atoms with Crippen molar-refractivity contribution in [1.29, 1.82) is 0 Å². The molecule has 1 aromatic heterocycles. The molecule has 0 atom stereocenters. The Balaban J connectivity index is 2.19. The zero-order valence-corrected chi connectivity index (χ0v) is 14.7. The van der Waals surface area contributed by atoms with Gasteiger partial charge in [-0.25, -0.2) is 4.98 Å². The summed E-state index contributed by atoms with van der Waals surface area (Å²) in [6.45, 7) is 4.13. The lowest BCUT2D eigenvalue weighted by atomic mass is 10.1. The van der Waals surface area contributed by atoms with Gasteiger partial charge in [0.2, 0.25) is 0 Å². The van der Waals surface area contributed by atoms with Crippen molar-refractivity contribution in [3.8, 4) is 5.75 Å². The molecule has 0 spiro atoms. The number of nitrogens with zero attached hydrogens (tertiary/aromatic N) is 2. The van der Waals surface area contributed by atoms with Crippen molar-refractivity contribution in [2.45, 2.75) is 26.7 Å². The van der Waals surface area contributed by atoms with Gasteiger partial charge in [-0.1, -0.05) is 24.7 Å². The van der Waals surface area contributed by atoms with E-state index in [1.807, 2.05) is 0 Å². The van der Waals surface area contributed by atoms with Gasteiger partial charge in [0, 0.05) is 25.2 Å². The summed E-state index contributed by atoms with van der Waals surface area (Å²) in [5.41, 5.74) is 0.940. The molecule has 132 valence electrons. The molecule has 0 saturated heterocycles. The molecule has 0 aliphatic carbocycles. The Morgan fingerprint density at radius 2 is 2.16 bits per heavy atom. The van der Waals surface area contributed by atoms with E-state index in [-0.39, 0.29) is 21.4 Å². The molecule has 2 rings (SSSR count). The zero-order chi connectivity index (χ0) is 18.2. The Hall–Kier alpha value is -2.81. The lowest BCUT2D eigenvalue weighted by Crippen LogP contribution is -2.15. The van der Waals surface area contributed by atoms with Gasteiger partial charge < -0.3 is 10.1 Å². The van der Waals surface area contributed by atoms with E-state index < -0.39 is 11.9 Å². The molecule has 0 unspecified atom stereocenters. The highest BCUT2D eigenvalue weighted by molar-refractivity contribution is 7.19. The second kappa shape index (κ2) is 8.88. The Kier molecular flexibility index (Phi) is 6.58. The first-order valence-electron chi connectivity index (χ1n) is 7.70. The highest BCUT2D eigenvalue weighted by Gasteiger charge is 2.17. The third-order valence-electron chi connectivity index (χ3n) is 3.14. The zero-order valence-electron chi connectivity index (χ0n) is 13.9. The predicted octanol–water partition coefficient (Wildman–Crippen LogP) is 3.93. The van der Waals surface area contributed by atoms with E-state index in [1.165, 1.54) is 13.1 Å². The molecule has 2 N–H and O–H groups in total. The van der Waals surface area contributed by atoms with E-state index in [9.17, 15) is 14.5 Å². The number of nitroso groups, excluding NO2 is 1. The molecule has 2 aromatic rings.